The monoisotopic (exact) mass is 459 g/mol. The van der Waals surface area contributed by atoms with Crippen molar-refractivity contribution < 1.29 is 9.90 Å². The highest BCUT2D eigenvalue weighted by molar-refractivity contribution is 9.10. The van der Waals surface area contributed by atoms with Crippen LogP contribution in [0.15, 0.2) is 34.9 Å². The summed E-state index contributed by atoms with van der Waals surface area (Å²) in [5.74, 6) is 0.722. The van der Waals surface area contributed by atoms with E-state index in [0.29, 0.717) is 5.41 Å². The maximum Gasteiger partial charge on any atom is 0.405 e. The van der Waals surface area contributed by atoms with E-state index in [0.717, 1.165) is 29.6 Å². The van der Waals surface area contributed by atoms with Crippen LogP contribution in [0.4, 0.5) is 4.79 Å². The summed E-state index contributed by atoms with van der Waals surface area (Å²) in [7, 11) is 0. The number of halogens is 1. The number of rotatable bonds is 4. The van der Waals surface area contributed by atoms with Gasteiger partial charge < -0.3 is 15.4 Å². The molecule has 3 saturated carbocycles. The predicted molar refractivity (Wildman–Crippen MR) is 117 cm³/mol. The van der Waals surface area contributed by atoms with Gasteiger partial charge in [-0.25, -0.2) is 9.78 Å². The minimum absolute atomic E-state index is 0.147. The molecule has 1 heterocycles. The van der Waals surface area contributed by atoms with Crippen molar-refractivity contribution >= 4 is 22.0 Å². The molecule has 29 heavy (non-hydrogen) atoms. The lowest BCUT2D eigenvalue weighted by Gasteiger charge is -2.53. The van der Waals surface area contributed by atoms with Crippen molar-refractivity contribution in [3.63, 3.8) is 0 Å². The third-order valence-electron chi connectivity index (χ3n) is 7.28. The van der Waals surface area contributed by atoms with Crippen molar-refractivity contribution in [3.05, 3.63) is 52.0 Å². The second-order valence-corrected chi connectivity index (χ2v) is 10.9. The zero-order chi connectivity index (χ0) is 20.9. The van der Waals surface area contributed by atoms with Crippen LogP contribution in [0.3, 0.4) is 0 Å². The van der Waals surface area contributed by atoms with Gasteiger partial charge in [-0.2, -0.15) is 0 Å². The molecule has 3 N–H and O–H groups in total. The first-order chi connectivity index (χ1) is 13.6. The normalized spacial score (nSPS) is 27.6. The van der Waals surface area contributed by atoms with Gasteiger partial charge in [0, 0.05) is 21.8 Å². The maximum atomic E-state index is 11.3. The van der Waals surface area contributed by atoms with Crippen molar-refractivity contribution in [2.45, 2.75) is 76.2 Å². The highest BCUT2D eigenvalue weighted by Gasteiger charge is 2.51. The number of fused-ring (bicyclic) bond motifs is 3. The Bertz CT molecular complexity index is 873. The van der Waals surface area contributed by atoms with Crippen molar-refractivity contribution in [3.8, 4) is 0 Å². The van der Waals surface area contributed by atoms with Crippen LogP contribution in [-0.4, -0.2) is 21.2 Å². The van der Waals surface area contributed by atoms with Crippen LogP contribution >= 0.6 is 15.9 Å². The summed E-state index contributed by atoms with van der Waals surface area (Å²) in [5, 5.41) is 11.9. The molecule has 1 aromatic heterocycles. The van der Waals surface area contributed by atoms with Crippen LogP contribution in [0.25, 0.3) is 0 Å². The molecule has 2 bridgehead atoms. The average Bonchev–Trinajstić information content (AvgIpc) is 3.17. The Kier molecular flexibility index (Phi) is 5.04. The fourth-order valence-electron chi connectivity index (χ4n) is 5.40. The molecule has 1 atom stereocenters. The minimum Gasteiger partial charge on any atom is -0.465 e. The molecule has 5 rings (SSSR count). The molecular weight excluding hydrogens is 430 g/mol. The molecule has 0 aliphatic heterocycles. The smallest absolute Gasteiger partial charge is 0.405 e. The van der Waals surface area contributed by atoms with Crippen LogP contribution in [0.2, 0.25) is 0 Å². The second kappa shape index (κ2) is 7.15. The molecule has 0 saturated heterocycles. The maximum absolute atomic E-state index is 11.3. The number of carbonyl (C=O) groups is 1. The number of imidazole rings is 1. The van der Waals surface area contributed by atoms with Gasteiger partial charge in [0.15, 0.2) is 0 Å². The Morgan fingerprint density at radius 3 is 2.17 bits per heavy atom. The molecule has 2 aromatic rings. The third-order valence-corrected chi connectivity index (χ3v) is 7.81. The molecule has 3 aliphatic carbocycles. The minimum atomic E-state index is -1.02. The molecular formula is C23H30BrN3O2. The van der Waals surface area contributed by atoms with Crippen molar-refractivity contribution in [2.75, 3.05) is 0 Å². The Morgan fingerprint density at radius 1 is 1.10 bits per heavy atom. The van der Waals surface area contributed by atoms with Gasteiger partial charge in [-0.1, -0.05) is 48.8 Å². The summed E-state index contributed by atoms with van der Waals surface area (Å²) in [5.41, 5.74) is 2.84. The number of nitrogens with zero attached hydrogens (tertiary/aromatic N) is 1. The van der Waals surface area contributed by atoms with Crippen molar-refractivity contribution in [1.82, 2.24) is 15.3 Å². The number of carboxylic acid groups (broad SMARTS) is 1. The quantitative estimate of drug-likeness (QED) is 0.518. The van der Waals surface area contributed by atoms with E-state index in [1.54, 1.807) is 0 Å². The zero-order valence-corrected chi connectivity index (χ0v) is 19.0. The lowest BCUT2D eigenvalue weighted by molar-refractivity contribution is 0.0987. The van der Waals surface area contributed by atoms with E-state index in [4.69, 9.17) is 0 Å². The van der Waals surface area contributed by atoms with Gasteiger partial charge in [0.25, 0.3) is 0 Å². The first-order valence-corrected chi connectivity index (χ1v) is 11.2. The SMILES string of the molecule is CC(C)(C)C(NC(=O)O)c1ncc(C23CCC(c4ccc(Br)cc4)(CC2)CC3)[nH]1. The van der Waals surface area contributed by atoms with Gasteiger partial charge in [-0.3, -0.25) is 0 Å². The van der Waals surface area contributed by atoms with Crippen molar-refractivity contribution in [2.24, 2.45) is 5.41 Å². The molecule has 6 heteroatoms. The summed E-state index contributed by atoms with van der Waals surface area (Å²) in [6.07, 6.45) is 7.97. The predicted octanol–water partition coefficient (Wildman–Crippen LogP) is 6.07. The Hall–Kier alpha value is -1.82. The summed E-state index contributed by atoms with van der Waals surface area (Å²) in [6, 6.07) is 8.51. The molecule has 5 nitrogen and oxygen atoms in total. The van der Waals surface area contributed by atoms with Crippen LogP contribution < -0.4 is 5.32 Å². The molecule has 3 fully saturated rings. The number of benzene rings is 1. The first kappa shape index (κ1) is 20.5. The average molecular weight is 460 g/mol. The number of nitrogens with one attached hydrogen (secondary N) is 2. The van der Waals surface area contributed by atoms with Gasteiger partial charge in [-0.15, -0.1) is 0 Å². The second-order valence-electron chi connectivity index (χ2n) is 10.00. The third kappa shape index (κ3) is 3.72. The van der Waals surface area contributed by atoms with E-state index in [1.807, 2.05) is 27.0 Å². The largest absolute Gasteiger partial charge is 0.465 e. The number of aromatic amines is 1. The topological polar surface area (TPSA) is 78.0 Å². The first-order valence-electron chi connectivity index (χ1n) is 10.4. The highest BCUT2D eigenvalue weighted by atomic mass is 79.9. The number of hydrogen-bond donors (Lipinski definition) is 3. The highest BCUT2D eigenvalue weighted by Crippen LogP contribution is 2.58. The van der Waals surface area contributed by atoms with Crippen molar-refractivity contribution in [1.29, 1.82) is 0 Å². The van der Waals surface area contributed by atoms with E-state index in [1.165, 1.54) is 30.5 Å². The lowest BCUT2D eigenvalue weighted by Crippen LogP contribution is -2.46. The van der Waals surface area contributed by atoms with E-state index in [2.05, 4.69) is 55.5 Å². The van der Waals surface area contributed by atoms with Gasteiger partial charge >= 0.3 is 6.09 Å². The molecule has 1 amide bonds. The van der Waals surface area contributed by atoms with Crippen LogP contribution in [0, 0.1) is 5.41 Å². The molecule has 156 valence electrons. The van der Waals surface area contributed by atoms with E-state index >= 15 is 0 Å². The summed E-state index contributed by atoms with van der Waals surface area (Å²) in [6.45, 7) is 6.09. The van der Waals surface area contributed by atoms with Gasteiger partial charge in [-0.05, 0) is 67.1 Å². The van der Waals surface area contributed by atoms with Crippen LogP contribution in [0.5, 0.6) is 0 Å². The zero-order valence-electron chi connectivity index (χ0n) is 17.4. The van der Waals surface area contributed by atoms with E-state index < -0.39 is 6.09 Å². The molecule has 3 aliphatic rings. The van der Waals surface area contributed by atoms with Gasteiger partial charge in [0.05, 0.1) is 6.04 Å². The standard InChI is InChI=1S/C23H30BrN3O2/c1-21(2,3)18(27-20(28)29)19-25-14-17(26-19)23-11-8-22(9-12-23,10-13-23)15-4-6-16(24)7-5-15/h4-7,14,18,27H,8-13H2,1-3H3,(H,25,26)(H,28,29). The molecule has 1 unspecified atom stereocenters. The number of H-pyrrole nitrogens is 1. The summed E-state index contributed by atoms with van der Waals surface area (Å²) in [4.78, 5) is 19.4. The van der Waals surface area contributed by atoms with E-state index in [9.17, 15) is 9.90 Å². The fraction of sp³-hybridized carbons (Fsp3) is 0.565. The number of amides is 1. The molecule has 0 radical (unpaired) electrons. The van der Waals surface area contributed by atoms with Crippen LogP contribution in [-0.2, 0) is 10.8 Å². The number of aromatic nitrogens is 2. The number of hydrogen-bond acceptors (Lipinski definition) is 2. The molecule has 1 aromatic carbocycles. The van der Waals surface area contributed by atoms with Gasteiger partial charge in [0.2, 0.25) is 0 Å². The summed E-state index contributed by atoms with van der Waals surface area (Å²) < 4.78 is 1.13. The Balaban J connectivity index is 1.56. The fourth-order valence-corrected chi connectivity index (χ4v) is 5.66. The summed E-state index contributed by atoms with van der Waals surface area (Å²) >= 11 is 3.55. The van der Waals surface area contributed by atoms with E-state index in [-0.39, 0.29) is 16.9 Å². The lowest BCUT2D eigenvalue weighted by atomic mass is 9.51. The molecule has 0 spiro atoms. The Morgan fingerprint density at radius 2 is 1.66 bits per heavy atom. The van der Waals surface area contributed by atoms with Gasteiger partial charge in [0.1, 0.15) is 5.82 Å². The van der Waals surface area contributed by atoms with Crippen LogP contribution in [0.1, 0.15) is 82.4 Å². The Labute approximate surface area is 180 Å².